The Hall–Kier alpha value is -2.79. The fraction of sp³-hybridized carbons (Fsp3) is 0.526. The van der Waals surface area contributed by atoms with E-state index in [2.05, 4.69) is 5.32 Å². The van der Waals surface area contributed by atoms with Gasteiger partial charge in [0.15, 0.2) is 0 Å². The van der Waals surface area contributed by atoms with Crippen molar-refractivity contribution in [1.29, 1.82) is 0 Å². The minimum Gasteiger partial charge on any atom is -0.325 e. The Labute approximate surface area is 173 Å². The average molecular weight is 451 g/mol. The van der Waals surface area contributed by atoms with E-state index in [1.54, 1.807) is 6.92 Å². The van der Waals surface area contributed by atoms with Crippen molar-refractivity contribution in [2.24, 2.45) is 5.92 Å². The van der Waals surface area contributed by atoms with E-state index in [1.807, 2.05) is 5.32 Å². The molecule has 0 bridgehead atoms. The summed E-state index contributed by atoms with van der Waals surface area (Å²) in [4.78, 5) is 38.0. The van der Waals surface area contributed by atoms with Crippen molar-refractivity contribution in [2.75, 3.05) is 11.9 Å². The van der Waals surface area contributed by atoms with Crippen molar-refractivity contribution in [2.45, 2.75) is 50.5 Å². The smallest absolute Gasteiger partial charge is 0.325 e. The van der Waals surface area contributed by atoms with E-state index in [4.69, 9.17) is 0 Å². The highest BCUT2D eigenvalue weighted by Crippen LogP contribution is 2.39. The molecule has 1 aromatic rings. The molecule has 6 nitrogen and oxygen atoms in total. The molecule has 2 atom stereocenters. The van der Waals surface area contributed by atoms with Crippen LogP contribution in [0.2, 0.25) is 0 Å². The summed E-state index contributed by atoms with van der Waals surface area (Å²) in [5.41, 5.74) is -5.08. The zero-order valence-electron chi connectivity index (χ0n) is 16.3. The van der Waals surface area contributed by atoms with Gasteiger partial charge in [0, 0.05) is 5.69 Å². The summed E-state index contributed by atoms with van der Waals surface area (Å²) in [7, 11) is 0. The van der Waals surface area contributed by atoms with E-state index in [1.165, 1.54) is 0 Å². The van der Waals surface area contributed by atoms with Gasteiger partial charge in [-0.25, -0.2) is 4.79 Å². The van der Waals surface area contributed by atoms with Crippen LogP contribution in [0.5, 0.6) is 0 Å². The highest BCUT2D eigenvalue weighted by Gasteiger charge is 2.55. The first-order valence-corrected chi connectivity index (χ1v) is 9.47. The molecule has 1 aliphatic carbocycles. The lowest BCUT2D eigenvalue weighted by Crippen LogP contribution is -2.54. The number of carbonyl (C=O) groups excluding carboxylic acids is 3. The lowest BCUT2D eigenvalue weighted by atomic mass is 9.73. The summed E-state index contributed by atoms with van der Waals surface area (Å²) in [6, 6.07) is -0.191. The molecule has 1 saturated carbocycles. The predicted molar refractivity (Wildman–Crippen MR) is 95.7 cm³/mol. The van der Waals surface area contributed by atoms with Crippen molar-refractivity contribution in [3.63, 3.8) is 0 Å². The molecular weight excluding hydrogens is 432 g/mol. The van der Waals surface area contributed by atoms with Gasteiger partial charge in [0.2, 0.25) is 5.91 Å². The quantitative estimate of drug-likeness (QED) is 0.535. The number of rotatable bonds is 3. The van der Waals surface area contributed by atoms with Gasteiger partial charge in [-0.2, -0.15) is 26.3 Å². The first kappa shape index (κ1) is 22.9. The van der Waals surface area contributed by atoms with E-state index in [0.717, 1.165) is 6.42 Å². The maximum atomic E-state index is 13.0. The van der Waals surface area contributed by atoms with E-state index in [0.29, 0.717) is 36.3 Å². The molecule has 12 heteroatoms. The van der Waals surface area contributed by atoms with E-state index in [-0.39, 0.29) is 12.0 Å². The standard InChI is InChI=1S/C19H19F6N3O3/c1-10-4-2-3-5-17(10)15(30)28(16(31)27-17)9-14(29)26-13-7-11(18(20,21)22)6-12(8-13)19(23,24)25/h6-8,10H,2-5,9H2,1H3,(H,26,29)(H,27,31)/t10-,17-/m1/s1. The third kappa shape index (κ3) is 4.47. The lowest BCUT2D eigenvalue weighted by molar-refractivity contribution is -0.143. The molecule has 3 rings (SSSR count). The third-order valence-corrected chi connectivity index (χ3v) is 5.67. The van der Waals surface area contributed by atoms with Gasteiger partial charge < -0.3 is 10.6 Å². The van der Waals surface area contributed by atoms with Crippen molar-refractivity contribution in [3.8, 4) is 0 Å². The second-order valence-electron chi connectivity index (χ2n) is 7.78. The number of urea groups is 1. The molecule has 2 aliphatic rings. The Morgan fingerprint density at radius 3 is 2.19 bits per heavy atom. The Morgan fingerprint density at radius 2 is 1.68 bits per heavy atom. The number of anilines is 1. The van der Waals surface area contributed by atoms with Gasteiger partial charge in [0.05, 0.1) is 11.1 Å². The number of hydrogen-bond donors (Lipinski definition) is 2. The third-order valence-electron chi connectivity index (χ3n) is 5.67. The fourth-order valence-electron chi connectivity index (χ4n) is 4.01. The summed E-state index contributed by atoms with van der Waals surface area (Å²) >= 11 is 0. The Bertz CT molecular complexity index is 882. The normalized spacial score (nSPS) is 24.5. The molecular formula is C19H19F6N3O3. The molecule has 1 saturated heterocycles. The molecule has 2 fully saturated rings. The first-order chi connectivity index (χ1) is 14.2. The lowest BCUT2D eigenvalue weighted by Gasteiger charge is -2.36. The molecule has 1 aliphatic heterocycles. The van der Waals surface area contributed by atoms with Gasteiger partial charge in [-0.05, 0) is 37.0 Å². The van der Waals surface area contributed by atoms with Crippen molar-refractivity contribution in [1.82, 2.24) is 10.2 Å². The SMILES string of the molecule is C[C@@H]1CCCC[C@@]12NC(=O)N(CC(=O)Nc1cc(C(F)(F)F)cc(C(F)(F)F)c1)C2=O. The van der Waals surface area contributed by atoms with Crippen LogP contribution >= 0.6 is 0 Å². The Kier molecular flexibility index (Phi) is 5.70. The molecule has 2 N–H and O–H groups in total. The molecule has 31 heavy (non-hydrogen) atoms. The Balaban J connectivity index is 1.79. The molecule has 1 spiro atoms. The van der Waals surface area contributed by atoms with Crippen molar-refractivity contribution < 1.29 is 40.7 Å². The van der Waals surface area contributed by atoms with E-state index < -0.39 is 59.1 Å². The first-order valence-electron chi connectivity index (χ1n) is 9.47. The molecule has 4 amide bonds. The maximum Gasteiger partial charge on any atom is 0.416 e. The van der Waals surface area contributed by atoms with E-state index >= 15 is 0 Å². The van der Waals surface area contributed by atoms with Gasteiger partial charge in [-0.15, -0.1) is 0 Å². The van der Waals surface area contributed by atoms with Gasteiger partial charge >= 0.3 is 18.4 Å². The van der Waals surface area contributed by atoms with Crippen LogP contribution in [0.25, 0.3) is 0 Å². The number of alkyl halides is 6. The number of nitrogens with one attached hydrogen (secondary N) is 2. The summed E-state index contributed by atoms with van der Waals surface area (Å²) in [6.07, 6.45) is -7.50. The predicted octanol–water partition coefficient (Wildman–Crippen LogP) is 4.16. The van der Waals surface area contributed by atoms with Crippen LogP contribution < -0.4 is 10.6 Å². The molecule has 0 aromatic heterocycles. The van der Waals surface area contributed by atoms with E-state index in [9.17, 15) is 40.7 Å². The summed E-state index contributed by atoms with van der Waals surface area (Å²) in [6.45, 7) is 0.957. The number of amides is 4. The largest absolute Gasteiger partial charge is 0.416 e. The zero-order chi connectivity index (χ0) is 23.2. The van der Waals surface area contributed by atoms with Gasteiger partial charge in [-0.1, -0.05) is 19.8 Å². The number of benzene rings is 1. The average Bonchev–Trinajstić information content (AvgIpc) is 2.87. The number of hydrogen-bond acceptors (Lipinski definition) is 3. The molecule has 1 aromatic carbocycles. The number of halogens is 6. The van der Waals surface area contributed by atoms with Crippen LogP contribution in [0.15, 0.2) is 18.2 Å². The van der Waals surface area contributed by atoms with Gasteiger partial charge in [-0.3, -0.25) is 14.5 Å². The monoisotopic (exact) mass is 451 g/mol. The van der Waals surface area contributed by atoms with Crippen LogP contribution in [0, 0.1) is 5.92 Å². The highest BCUT2D eigenvalue weighted by atomic mass is 19.4. The van der Waals surface area contributed by atoms with Crippen molar-refractivity contribution >= 4 is 23.5 Å². The van der Waals surface area contributed by atoms with Crippen LogP contribution in [-0.2, 0) is 21.9 Å². The fourth-order valence-corrected chi connectivity index (χ4v) is 4.01. The molecule has 0 unspecified atom stereocenters. The summed E-state index contributed by atoms with van der Waals surface area (Å²) in [5, 5.41) is 4.53. The second kappa shape index (κ2) is 7.72. The topological polar surface area (TPSA) is 78.5 Å². The minimum absolute atomic E-state index is 0.0681. The van der Waals surface area contributed by atoms with Crippen LogP contribution in [0.3, 0.4) is 0 Å². The summed E-state index contributed by atoms with van der Waals surface area (Å²) < 4.78 is 77.7. The zero-order valence-corrected chi connectivity index (χ0v) is 16.3. The number of imide groups is 1. The van der Waals surface area contributed by atoms with Gasteiger partial charge in [0.1, 0.15) is 12.1 Å². The molecule has 170 valence electrons. The number of nitrogens with zero attached hydrogens (tertiary/aromatic N) is 1. The number of carbonyl (C=O) groups is 3. The molecule has 0 radical (unpaired) electrons. The van der Waals surface area contributed by atoms with Gasteiger partial charge in [0.25, 0.3) is 5.91 Å². The molecule has 1 heterocycles. The highest BCUT2D eigenvalue weighted by molar-refractivity contribution is 6.10. The van der Waals surface area contributed by atoms with Crippen LogP contribution in [0.4, 0.5) is 36.8 Å². The minimum atomic E-state index is -5.07. The second-order valence-corrected chi connectivity index (χ2v) is 7.78. The summed E-state index contributed by atoms with van der Waals surface area (Å²) in [5.74, 6) is -1.90. The van der Waals surface area contributed by atoms with Crippen LogP contribution in [0.1, 0.15) is 43.7 Å². The van der Waals surface area contributed by atoms with Crippen molar-refractivity contribution in [3.05, 3.63) is 29.3 Å². The van der Waals surface area contributed by atoms with Crippen LogP contribution in [-0.4, -0.2) is 34.8 Å². The maximum absolute atomic E-state index is 13.0. The Morgan fingerprint density at radius 1 is 1.10 bits per heavy atom.